The molecule has 6 atom stereocenters. The van der Waals surface area contributed by atoms with E-state index < -0.39 is 17.7 Å². The molecular weight excluding hydrogens is 652 g/mol. The number of rotatable bonds is 16. The summed E-state index contributed by atoms with van der Waals surface area (Å²) in [6.07, 6.45) is 10.7. The van der Waals surface area contributed by atoms with E-state index in [2.05, 4.69) is 17.8 Å². The first-order valence-corrected chi connectivity index (χ1v) is 18.4. The maximum Gasteiger partial charge on any atom is 0.239 e. The van der Waals surface area contributed by atoms with Gasteiger partial charge in [0.1, 0.15) is 24.7 Å². The van der Waals surface area contributed by atoms with Gasteiger partial charge in [-0.15, -0.1) is 6.58 Å². The highest BCUT2D eigenvalue weighted by atomic mass is 16.7. The lowest BCUT2D eigenvalue weighted by molar-refractivity contribution is -0.258. The number of aliphatic hydroxyl groups is 2. The first-order valence-electron chi connectivity index (χ1n) is 18.4. The summed E-state index contributed by atoms with van der Waals surface area (Å²) in [6, 6.07) is 10.4. The number of amides is 1. The molecule has 0 saturated heterocycles. The highest BCUT2D eigenvalue weighted by molar-refractivity contribution is 6.03. The van der Waals surface area contributed by atoms with Gasteiger partial charge in [-0.1, -0.05) is 36.2 Å². The van der Waals surface area contributed by atoms with Crippen molar-refractivity contribution in [2.75, 3.05) is 33.7 Å². The summed E-state index contributed by atoms with van der Waals surface area (Å²) in [5, 5.41) is 35.0. The van der Waals surface area contributed by atoms with Crippen LogP contribution in [-0.2, 0) is 20.9 Å². The molecular formula is C40H50N2O9. The molecule has 2 aromatic carbocycles. The molecule has 11 heteroatoms. The molecule has 11 nitrogen and oxygen atoms in total. The molecule has 2 aliphatic heterocycles. The van der Waals surface area contributed by atoms with Gasteiger partial charge in [0.15, 0.2) is 11.5 Å². The number of benzene rings is 2. The Hall–Kier alpha value is -4.06. The highest BCUT2D eigenvalue weighted by Crippen LogP contribution is 2.62. The molecule has 2 fully saturated rings. The second kappa shape index (κ2) is 15.3. The van der Waals surface area contributed by atoms with Crippen LogP contribution in [0, 0.1) is 23.7 Å². The zero-order chi connectivity index (χ0) is 35.5. The number of phenols is 1. The number of unbranched alkanes of at least 4 members (excludes halogenated alkanes) is 2. The van der Waals surface area contributed by atoms with E-state index in [9.17, 15) is 20.1 Å². The Balaban J connectivity index is 1.42. The topological polar surface area (TPSA) is 140 Å². The smallest absolute Gasteiger partial charge is 0.239 e. The van der Waals surface area contributed by atoms with Crippen molar-refractivity contribution in [3.8, 4) is 23.0 Å². The van der Waals surface area contributed by atoms with Crippen LogP contribution in [0.4, 0.5) is 0 Å². The standard InChI is InChI=1S/C40H50N2O9/c1-3-18-50-40-36(42(39(46)26-11-12-26)23-25-10-14-34-35(19-25)49-24-48-34)22-32(41-47-2)30-20-27(8-4-6-16-43)29(9-5-7-17-44)37(38(30)40)31-21-28(45)13-15-33(31)51-40/h3,10,13-15,19-21,26-27,29,36-38,43-45H,1,4-9,11-12,16-18,22-24H2,2H3. The van der Waals surface area contributed by atoms with Gasteiger partial charge < -0.3 is 44.0 Å². The number of carbonyl (C=O) groups is 1. The highest BCUT2D eigenvalue weighted by Gasteiger charge is 2.65. The summed E-state index contributed by atoms with van der Waals surface area (Å²) < 4.78 is 25.5. The van der Waals surface area contributed by atoms with Crippen LogP contribution >= 0.6 is 0 Å². The van der Waals surface area contributed by atoms with Crippen molar-refractivity contribution in [2.24, 2.45) is 28.8 Å². The van der Waals surface area contributed by atoms with E-state index in [0.717, 1.165) is 60.9 Å². The molecule has 3 N–H and O–H groups in total. The van der Waals surface area contributed by atoms with Crippen molar-refractivity contribution >= 4 is 11.6 Å². The molecule has 2 saturated carbocycles. The molecule has 0 bridgehead atoms. The van der Waals surface area contributed by atoms with Crippen molar-refractivity contribution in [2.45, 2.75) is 82.1 Å². The number of phenolic OH excluding ortho intramolecular Hbond substituents is 1. The predicted octanol–water partition coefficient (Wildman–Crippen LogP) is 5.82. The fourth-order valence-electron chi connectivity index (χ4n) is 8.91. The molecule has 0 radical (unpaired) electrons. The molecule has 2 heterocycles. The minimum absolute atomic E-state index is 0.0391. The van der Waals surface area contributed by atoms with E-state index in [4.69, 9.17) is 23.8 Å². The van der Waals surface area contributed by atoms with Gasteiger partial charge in [0, 0.05) is 43.6 Å². The average molecular weight is 703 g/mol. The maximum absolute atomic E-state index is 14.5. The number of hydrogen-bond donors (Lipinski definition) is 3. The fraction of sp³-hybridized carbons (Fsp3) is 0.550. The lowest BCUT2D eigenvalue weighted by atomic mass is 9.55. The minimum atomic E-state index is -1.34. The third-order valence-corrected chi connectivity index (χ3v) is 11.2. The molecule has 3 aliphatic carbocycles. The SMILES string of the molecule is C=CCOC12Oc3ccc(O)cc3C3C(CCCCO)C(CCCCO)C=C(C(=NOC)CC1N(Cc1ccc4c(c1)OCO4)C(=O)C1CC1)C32. The van der Waals surface area contributed by atoms with Crippen LogP contribution in [0.2, 0.25) is 0 Å². The molecule has 2 aromatic rings. The molecule has 1 amide bonds. The van der Waals surface area contributed by atoms with Gasteiger partial charge in [-0.05, 0) is 91.8 Å². The zero-order valence-corrected chi connectivity index (χ0v) is 29.4. The first-order chi connectivity index (χ1) is 24.9. The molecule has 5 aliphatic rings. The van der Waals surface area contributed by atoms with Crippen molar-refractivity contribution in [3.05, 3.63) is 71.8 Å². The van der Waals surface area contributed by atoms with Crippen LogP contribution in [-0.4, -0.2) is 77.4 Å². The predicted molar refractivity (Wildman–Crippen MR) is 189 cm³/mol. The monoisotopic (exact) mass is 702 g/mol. The minimum Gasteiger partial charge on any atom is -0.508 e. The van der Waals surface area contributed by atoms with Crippen LogP contribution in [0.25, 0.3) is 0 Å². The number of ether oxygens (including phenoxy) is 4. The average Bonchev–Trinajstić information content (AvgIpc) is 3.88. The van der Waals surface area contributed by atoms with Gasteiger partial charge in [0.2, 0.25) is 18.5 Å². The van der Waals surface area contributed by atoms with Gasteiger partial charge in [0.05, 0.1) is 18.2 Å². The number of aliphatic hydroxyl groups excluding tert-OH is 2. The number of hydrogen-bond acceptors (Lipinski definition) is 10. The summed E-state index contributed by atoms with van der Waals surface area (Å²) >= 11 is 0. The van der Waals surface area contributed by atoms with Crippen LogP contribution < -0.4 is 14.2 Å². The van der Waals surface area contributed by atoms with Crippen LogP contribution in [0.3, 0.4) is 0 Å². The Morgan fingerprint density at radius 3 is 2.55 bits per heavy atom. The zero-order valence-electron chi connectivity index (χ0n) is 29.4. The van der Waals surface area contributed by atoms with E-state index in [0.29, 0.717) is 43.1 Å². The largest absolute Gasteiger partial charge is 0.508 e. The van der Waals surface area contributed by atoms with E-state index in [1.54, 1.807) is 25.3 Å². The lowest BCUT2D eigenvalue weighted by Crippen LogP contribution is -2.70. The van der Waals surface area contributed by atoms with Crippen LogP contribution in [0.1, 0.15) is 74.8 Å². The van der Waals surface area contributed by atoms with E-state index in [1.165, 1.54) is 0 Å². The van der Waals surface area contributed by atoms with E-state index in [1.807, 2.05) is 29.2 Å². The first kappa shape index (κ1) is 35.3. The molecule has 6 unspecified atom stereocenters. The molecule has 0 aromatic heterocycles. The van der Waals surface area contributed by atoms with Crippen molar-refractivity contribution < 1.29 is 43.9 Å². The number of oxime groups is 1. The Kier molecular flexibility index (Phi) is 10.6. The Morgan fingerprint density at radius 1 is 1.04 bits per heavy atom. The molecule has 7 rings (SSSR count). The van der Waals surface area contributed by atoms with Gasteiger partial charge in [-0.25, -0.2) is 0 Å². The summed E-state index contributed by atoms with van der Waals surface area (Å²) in [5.74, 6) is 0.288. The number of allylic oxidation sites excluding steroid dienone is 1. The quantitative estimate of drug-likeness (QED) is 0.112. The van der Waals surface area contributed by atoms with Gasteiger partial charge in [0.25, 0.3) is 0 Å². The second-order valence-electron chi connectivity index (χ2n) is 14.4. The lowest BCUT2D eigenvalue weighted by Gasteiger charge is -2.60. The summed E-state index contributed by atoms with van der Waals surface area (Å²) in [6.45, 7) is 4.85. The third kappa shape index (κ3) is 6.83. The number of aromatic hydroxyl groups is 1. The molecule has 51 heavy (non-hydrogen) atoms. The Morgan fingerprint density at radius 2 is 1.80 bits per heavy atom. The maximum atomic E-state index is 14.5. The van der Waals surface area contributed by atoms with Crippen molar-refractivity contribution in [1.82, 2.24) is 4.90 Å². The normalized spacial score (nSPS) is 27.9. The molecule has 274 valence electrons. The third-order valence-electron chi connectivity index (χ3n) is 11.2. The number of nitrogens with zero attached hydrogens (tertiary/aromatic N) is 2. The van der Waals surface area contributed by atoms with Crippen LogP contribution in [0.5, 0.6) is 23.0 Å². The number of carbonyl (C=O) groups excluding carboxylic acids is 1. The second-order valence-corrected chi connectivity index (χ2v) is 14.4. The van der Waals surface area contributed by atoms with E-state index in [-0.39, 0.29) is 61.9 Å². The van der Waals surface area contributed by atoms with Gasteiger partial charge in [-0.3, -0.25) is 4.79 Å². The molecule has 0 spiro atoms. The summed E-state index contributed by atoms with van der Waals surface area (Å²) in [7, 11) is 1.54. The van der Waals surface area contributed by atoms with Gasteiger partial charge in [-0.2, -0.15) is 0 Å². The van der Waals surface area contributed by atoms with E-state index >= 15 is 0 Å². The van der Waals surface area contributed by atoms with Crippen molar-refractivity contribution in [1.29, 1.82) is 0 Å². The summed E-state index contributed by atoms with van der Waals surface area (Å²) in [5.41, 5.74) is 3.48. The van der Waals surface area contributed by atoms with Gasteiger partial charge >= 0.3 is 0 Å². The van der Waals surface area contributed by atoms with Crippen LogP contribution in [0.15, 0.2) is 65.9 Å². The van der Waals surface area contributed by atoms with Crippen molar-refractivity contribution in [3.63, 3.8) is 0 Å². The fourth-order valence-corrected chi connectivity index (χ4v) is 8.91. The Labute approximate surface area is 299 Å². The summed E-state index contributed by atoms with van der Waals surface area (Å²) in [4.78, 5) is 22.0. The number of fused-ring (bicyclic) bond motifs is 3. The Bertz CT molecular complexity index is 1650.